The third-order valence-corrected chi connectivity index (χ3v) is 7.21. The molecule has 8 heteroatoms. The molecule has 3 rings (SSSR count). The summed E-state index contributed by atoms with van der Waals surface area (Å²) in [5.41, 5.74) is 7.82. The zero-order valence-corrected chi connectivity index (χ0v) is 20.7. The number of amides is 1. The lowest BCUT2D eigenvalue weighted by molar-refractivity contribution is -0.129. The Morgan fingerprint density at radius 3 is 2.38 bits per heavy atom. The Hall–Kier alpha value is -1.86. The minimum atomic E-state index is -0.176. The summed E-state index contributed by atoms with van der Waals surface area (Å²) in [5, 5.41) is 4.00. The normalized spacial score (nSPS) is 21.0. The Morgan fingerprint density at radius 1 is 1.22 bits per heavy atom. The standard InChI is InChI=1S/C24H38ClN5O2/c1-5-27-21(25)19(20(26)18-6-17-32-28-18)22(31)30-15-10-24(11-16-30)8-13-29(14-9-24)12-7-23(2,3)4/h6,17H,5,7-16,26H2,1-4H3. The Labute approximate surface area is 197 Å². The number of nitrogens with zero attached hydrogens (tertiary/aromatic N) is 4. The van der Waals surface area contributed by atoms with E-state index in [0.29, 0.717) is 36.2 Å². The van der Waals surface area contributed by atoms with Gasteiger partial charge in [0.1, 0.15) is 22.7 Å². The predicted molar refractivity (Wildman–Crippen MR) is 129 cm³/mol. The molecule has 0 radical (unpaired) electrons. The second-order valence-corrected chi connectivity index (χ2v) is 10.7. The van der Waals surface area contributed by atoms with E-state index >= 15 is 0 Å². The largest absolute Gasteiger partial charge is 0.396 e. The van der Waals surface area contributed by atoms with Gasteiger partial charge < -0.3 is 20.1 Å². The van der Waals surface area contributed by atoms with Gasteiger partial charge in [0.15, 0.2) is 0 Å². The zero-order valence-electron chi connectivity index (χ0n) is 20.0. The number of hydrogen-bond acceptors (Lipinski definition) is 6. The lowest BCUT2D eigenvalue weighted by Crippen LogP contribution is -2.49. The molecule has 2 fully saturated rings. The van der Waals surface area contributed by atoms with Gasteiger partial charge in [0.05, 0.1) is 5.70 Å². The van der Waals surface area contributed by atoms with Gasteiger partial charge in [0, 0.05) is 25.7 Å². The maximum atomic E-state index is 13.4. The molecule has 1 spiro atoms. The van der Waals surface area contributed by atoms with Crippen LogP contribution in [0.25, 0.3) is 5.70 Å². The van der Waals surface area contributed by atoms with Crippen molar-refractivity contribution >= 4 is 28.4 Å². The van der Waals surface area contributed by atoms with E-state index in [1.165, 1.54) is 32.1 Å². The summed E-state index contributed by atoms with van der Waals surface area (Å²) in [5.74, 6) is -0.176. The van der Waals surface area contributed by atoms with Gasteiger partial charge in [-0.05, 0) is 69.5 Å². The van der Waals surface area contributed by atoms with Gasteiger partial charge >= 0.3 is 0 Å². The van der Waals surface area contributed by atoms with E-state index in [9.17, 15) is 4.79 Å². The number of aliphatic imine (C=N–C) groups is 1. The van der Waals surface area contributed by atoms with Crippen LogP contribution in [-0.4, -0.2) is 65.3 Å². The van der Waals surface area contributed by atoms with Crippen LogP contribution in [0.15, 0.2) is 27.4 Å². The van der Waals surface area contributed by atoms with Crippen molar-refractivity contribution < 1.29 is 9.32 Å². The van der Waals surface area contributed by atoms with E-state index < -0.39 is 0 Å². The molecule has 0 aliphatic carbocycles. The Bertz CT molecular complexity index is 823. The molecule has 0 bridgehead atoms. The third-order valence-electron chi connectivity index (χ3n) is 6.91. The number of nitrogens with two attached hydrogens (primary N) is 1. The molecule has 3 heterocycles. The first-order valence-electron chi connectivity index (χ1n) is 11.8. The lowest BCUT2D eigenvalue weighted by Gasteiger charge is -2.47. The Kier molecular flexibility index (Phi) is 8.04. The van der Waals surface area contributed by atoms with Gasteiger partial charge in [-0.3, -0.25) is 9.79 Å². The van der Waals surface area contributed by atoms with E-state index in [-0.39, 0.29) is 22.3 Å². The highest BCUT2D eigenvalue weighted by Crippen LogP contribution is 2.42. The fourth-order valence-electron chi connectivity index (χ4n) is 4.60. The van der Waals surface area contributed by atoms with Crippen LogP contribution in [0.1, 0.15) is 65.5 Å². The first-order chi connectivity index (χ1) is 15.1. The summed E-state index contributed by atoms with van der Waals surface area (Å²) in [6, 6.07) is 1.62. The maximum absolute atomic E-state index is 13.4. The monoisotopic (exact) mass is 463 g/mol. The fourth-order valence-corrected chi connectivity index (χ4v) is 4.90. The second-order valence-electron chi connectivity index (χ2n) is 10.4. The average Bonchev–Trinajstić information content (AvgIpc) is 3.29. The number of aromatic nitrogens is 1. The summed E-state index contributed by atoms with van der Waals surface area (Å²) in [6.45, 7) is 14.2. The van der Waals surface area contributed by atoms with Crippen molar-refractivity contribution in [3.05, 3.63) is 23.6 Å². The highest BCUT2D eigenvalue weighted by molar-refractivity contribution is 6.73. The number of likely N-dealkylation sites (tertiary alicyclic amines) is 2. The first kappa shape index (κ1) is 24.8. The zero-order chi connectivity index (χ0) is 23.4. The molecule has 178 valence electrons. The van der Waals surface area contributed by atoms with E-state index in [1.807, 2.05) is 11.8 Å². The molecule has 1 aromatic rings. The summed E-state index contributed by atoms with van der Waals surface area (Å²) in [7, 11) is 0. The number of carbonyl (C=O) groups excluding carboxylic acids is 1. The van der Waals surface area contributed by atoms with Gasteiger partial charge in [-0.2, -0.15) is 0 Å². The van der Waals surface area contributed by atoms with E-state index in [4.69, 9.17) is 21.9 Å². The smallest absolute Gasteiger partial charge is 0.259 e. The van der Waals surface area contributed by atoms with E-state index in [1.54, 1.807) is 6.07 Å². The van der Waals surface area contributed by atoms with Crippen LogP contribution in [0.3, 0.4) is 0 Å². The molecule has 2 aliphatic rings. The van der Waals surface area contributed by atoms with Crippen molar-refractivity contribution in [3.63, 3.8) is 0 Å². The number of piperidine rings is 2. The van der Waals surface area contributed by atoms with Crippen molar-refractivity contribution in [2.24, 2.45) is 21.6 Å². The van der Waals surface area contributed by atoms with Gasteiger partial charge in [-0.15, -0.1) is 0 Å². The molecule has 7 nitrogen and oxygen atoms in total. The number of hydrogen-bond donors (Lipinski definition) is 1. The molecule has 0 saturated carbocycles. The molecular weight excluding hydrogens is 426 g/mol. The average molecular weight is 464 g/mol. The SMILES string of the molecule is CCN=C(Cl)C(C(=O)N1CCC2(CCN(CCC(C)(C)C)CC2)CC1)=C(N)c1ccon1. The molecule has 32 heavy (non-hydrogen) atoms. The minimum absolute atomic E-state index is 0.130. The van der Waals surface area contributed by atoms with Gasteiger partial charge in [0.2, 0.25) is 0 Å². The van der Waals surface area contributed by atoms with Crippen LogP contribution < -0.4 is 5.73 Å². The summed E-state index contributed by atoms with van der Waals surface area (Å²) >= 11 is 6.39. The van der Waals surface area contributed by atoms with Crippen molar-refractivity contribution in [2.75, 3.05) is 39.3 Å². The lowest BCUT2D eigenvalue weighted by atomic mass is 9.71. The molecule has 2 N–H and O–H groups in total. The summed E-state index contributed by atoms with van der Waals surface area (Å²) in [4.78, 5) is 22.1. The minimum Gasteiger partial charge on any atom is -0.396 e. The molecule has 1 amide bonds. The summed E-state index contributed by atoms with van der Waals surface area (Å²) in [6.07, 6.45) is 7.11. The topological polar surface area (TPSA) is 88.0 Å². The van der Waals surface area contributed by atoms with Crippen LogP contribution in [0.4, 0.5) is 0 Å². The highest BCUT2D eigenvalue weighted by Gasteiger charge is 2.39. The highest BCUT2D eigenvalue weighted by atomic mass is 35.5. The third kappa shape index (κ3) is 6.13. The number of halogens is 1. The Morgan fingerprint density at radius 2 is 1.84 bits per heavy atom. The van der Waals surface area contributed by atoms with Crippen molar-refractivity contribution in [2.45, 2.75) is 59.8 Å². The molecule has 2 saturated heterocycles. The van der Waals surface area contributed by atoms with Crippen LogP contribution in [-0.2, 0) is 4.79 Å². The van der Waals surface area contributed by atoms with Gasteiger partial charge in [-0.25, -0.2) is 0 Å². The Balaban J connectivity index is 1.63. The van der Waals surface area contributed by atoms with Crippen LogP contribution in [0, 0.1) is 10.8 Å². The summed E-state index contributed by atoms with van der Waals surface area (Å²) < 4.78 is 4.89. The van der Waals surface area contributed by atoms with E-state index in [2.05, 4.69) is 35.8 Å². The van der Waals surface area contributed by atoms with Gasteiger partial charge in [-0.1, -0.05) is 37.5 Å². The van der Waals surface area contributed by atoms with Crippen LogP contribution in [0.5, 0.6) is 0 Å². The van der Waals surface area contributed by atoms with Crippen molar-refractivity contribution in [1.29, 1.82) is 0 Å². The van der Waals surface area contributed by atoms with E-state index in [0.717, 1.165) is 25.9 Å². The first-order valence-corrected chi connectivity index (χ1v) is 12.1. The molecule has 1 aromatic heterocycles. The fraction of sp³-hybridized carbons (Fsp3) is 0.708. The number of carbonyl (C=O) groups is 1. The molecule has 2 aliphatic heterocycles. The predicted octanol–water partition coefficient (Wildman–Crippen LogP) is 4.14. The van der Waals surface area contributed by atoms with Crippen LogP contribution in [0.2, 0.25) is 0 Å². The van der Waals surface area contributed by atoms with Crippen molar-refractivity contribution in [1.82, 2.24) is 15.0 Å². The van der Waals surface area contributed by atoms with Gasteiger partial charge in [0.25, 0.3) is 5.91 Å². The second kappa shape index (κ2) is 10.4. The van der Waals surface area contributed by atoms with Crippen LogP contribution >= 0.6 is 11.6 Å². The maximum Gasteiger partial charge on any atom is 0.259 e. The molecule has 0 unspecified atom stereocenters. The molecule has 0 aromatic carbocycles. The quantitative estimate of drug-likeness (QED) is 0.505. The van der Waals surface area contributed by atoms with Crippen molar-refractivity contribution in [3.8, 4) is 0 Å². The number of rotatable bonds is 6. The molecule has 0 atom stereocenters. The molecular formula is C24H38ClN5O2.